The lowest BCUT2D eigenvalue weighted by molar-refractivity contribution is 0.0606. The molecule has 0 unspecified atom stereocenters. The van der Waals surface area contributed by atoms with Crippen molar-refractivity contribution in [1.29, 1.82) is 0 Å². The highest BCUT2D eigenvalue weighted by molar-refractivity contribution is 8.00. The van der Waals surface area contributed by atoms with Crippen molar-refractivity contribution in [3.05, 3.63) is 77.4 Å². The van der Waals surface area contributed by atoms with Gasteiger partial charge < -0.3 is 4.74 Å². The van der Waals surface area contributed by atoms with Gasteiger partial charge in [-0.3, -0.25) is 0 Å². The second-order valence-corrected chi connectivity index (χ2v) is 8.04. The standard InChI is InChI=1S/C21H16OS/c1-2-6-13-12(5-1)9-10-18-16(13)11-17-19-14-7-3-4-8-15(14)20(22-19)21(17)23-18/h1-10,17,19-21H,11H2/t17-,19-,20+,21-/m1/s1. The number of ether oxygens (including phenoxy) is 1. The lowest BCUT2D eigenvalue weighted by atomic mass is 9.79. The molecule has 0 aliphatic carbocycles. The predicted molar refractivity (Wildman–Crippen MR) is 93.8 cm³/mol. The van der Waals surface area contributed by atoms with E-state index < -0.39 is 0 Å². The molecule has 1 nitrogen and oxygen atoms in total. The van der Waals surface area contributed by atoms with E-state index >= 15 is 0 Å². The van der Waals surface area contributed by atoms with Crippen molar-refractivity contribution in [1.82, 2.24) is 0 Å². The zero-order chi connectivity index (χ0) is 15.0. The van der Waals surface area contributed by atoms with Crippen molar-refractivity contribution >= 4 is 22.5 Å². The van der Waals surface area contributed by atoms with Crippen LogP contribution in [0.1, 0.15) is 28.9 Å². The summed E-state index contributed by atoms with van der Waals surface area (Å²) < 4.78 is 6.41. The Hall–Kier alpha value is -1.77. The molecule has 3 aromatic carbocycles. The zero-order valence-corrected chi connectivity index (χ0v) is 13.4. The maximum absolute atomic E-state index is 6.41. The molecule has 2 bridgehead atoms. The summed E-state index contributed by atoms with van der Waals surface area (Å²) in [6.45, 7) is 0. The van der Waals surface area contributed by atoms with Crippen LogP contribution in [0, 0.1) is 5.92 Å². The van der Waals surface area contributed by atoms with Crippen molar-refractivity contribution in [2.45, 2.75) is 28.8 Å². The van der Waals surface area contributed by atoms with E-state index in [2.05, 4.69) is 60.7 Å². The summed E-state index contributed by atoms with van der Waals surface area (Å²) in [5, 5.41) is 3.35. The number of thioether (sulfide) groups is 1. The minimum absolute atomic E-state index is 0.283. The van der Waals surface area contributed by atoms with Gasteiger partial charge in [0.15, 0.2) is 0 Å². The topological polar surface area (TPSA) is 9.23 Å². The van der Waals surface area contributed by atoms with E-state index in [0.717, 1.165) is 6.42 Å². The molecule has 3 aliphatic rings. The van der Waals surface area contributed by atoms with Crippen molar-refractivity contribution in [3.63, 3.8) is 0 Å². The van der Waals surface area contributed by atoms with Crippen LogP contribution in [0.4, 0.5) is 0 Å². The molecule has 2 heteroatoms. The Morgan fingerprint density at radius 3 is 2.52 bits per heavy atom. The summed E-state index contributed by atoms with van der Waals surface area (Å²) in [6, 6.07) is 22.2. The first kappa shape index (κ1) is 12.6. The van der Waals surface area contributed by atoms with Gasteiger partial charge in [-0.25, -0.2) is 0 Å². The number of benzene rings is 3. The van der Waals surface area contributed by atoms with Crippen LogP contribution in [-0.2, 0) is 11.2 Å². The Morgan fingerprint density at radius 2 is 1.61 bits per heavy atom. The number of hydrogen-bond acceptors (Lipinski definition) is 2. The van der Waals surface area contributed by atoms with Crippen molar-refractivity contribution in [2.24, 2.45) is 5.92 Å². The molecule has 23 heavy (non-hydrogen) atoms. The van der Waals surface area contributed by atoms with Crippen LogP contribution in [0.2, 0.25) is 0 Å². The molecule has 0 amide bonds. The Kier molecular flexibility index (Phi) is 2.42. The van der Waals surface area contributed by atoms with Crippen LogP contribution in [0.3, 0.4) is 0 Å². The molecule has 0 radical (unpaired) electrons. The highest BCUT2D eigenvalue weighted by atomic mass is 32.2. The highest BCUT2D eigenvalue weighted by Gasteiger charge is 2.54. The second kappa shape index (κ2) is 4.40. The SMILES string of the molecule is c1ccc2c(c1)[C@H]1O[C@@H]2[C@@H]2Sc3ccc4ccccc4c3C[C@@H]21. The second-order valence-electron chi connectivity index (χ2n) is 6.82. The quantitative estimate of drug-likeness (QED) is 0.556. The molecule has 1 fully saturated rings. The minimum Gasteiger partial charge on any atom is -0.364 e. The summed E-state index contributed by atoms with van der Waals surface area (Å²) in [6.07, 6.45) is 1.72. The molecule has 0 saturated carbocycles. The Balaban J connectivity index is 1.51. The van der Waals surface area contributed by atoms with Gasteiger partial charge in [-0.05, 0) is 39.9 Å². The molecule has 3 aliphatic heterocycles. The molecule has 3 aromatic rings. The van der Waals surface area contributed by atoms with E-state index in [-0.39, 0.29) is 6.10 Å². The summed E-state index contributed by atoms with van der Waals surface area (Å²) in [5.41, 5.74) is 4.39. The summed E-state index contributed by atoms with van der Waals surface area (Å²) in [4.78, 5) is 1.46. The molecular weight excluding hydrogens is 300 g/mol. The fraction of sp³-hybridized carbons (Fsp3) is 0.238. The lowest BCUT2D eigenvalue weighted by Crippen LogP contribution is -2.29. The Bertz CT molecular complexity index is 947. The first-order valence-electron chi connectivity index (χ1n) is 8.32. The molecule has 0 N–H and O–H groups in total. The molecule has 6 rings (SSSR count). The summed E-state index contributed by atoms with van der Waals surface area (Å²) in [5.74, 6) is 0.609. The minimum atomic E-state index is 0.283. The van der Waals surface area contributed by atoms with E-state index in [1.807, 2.05) is 11.8 Å². The molecule has 4 atom stereocenters. The van der Waals surface area contributed by atoms with Crippen LogP contribution in [0.5, 0.6) is 0 Å². The van der Waals surface area contributed by atoms with Crippen LogP contribution in [0.15, 0.2) is 65.6 Å². The van der Waals surface area contributed by atoms with Gasteiger partial charge in [-0.2, -0.15) is 0 Å². The molecule has 112 valence electrons. The van der Waals surface area contributed by atoms with E-state index in [0.29, 0.717) is 17.3 Å². The van der Waals surface area contributed by atoms with Crippen molar-refractivity contribution in [2.75, 3.05) is 0 Å². The largest absolute Gasteiger partial charge is 0.364 e. The van der Waals surface area contributed by atoms with Gasteiger partial charge in [0.25, 0.3) is 0 Å². The lowest BCUT2D eigenvalue weighted by Gasteiger charge is -2.34. The van der Waals surface area contributed by atoms with Crippen molar-refractivity contribution < 1.29 is 4.74 Å². The number of rotatable bonds is 0. The first-order chi connectivity index (χ1) is 11.4. The van der Waals surface area contributed by atoms with Crippen LogP contribution < -0.4 is 0 Å². The molecule has 3 heterocycles. The maximum atomic E-state index is 6.41. The first-order valence-corrected chi connectivity index (χ1v) is 9.20. The van der Waals surface area contributed by atoms with E-state index in [1.54, 1.807) is 0 Å². The molecule has 0 aromatic heterocycles. The third-order valence-corrected chi connectivity index (χ3v) is 7.22. The number of hydrogen-bond donors (Lipinski definition) is 0. The average molecular weight is 316 g/mol. The van der Waals surface area contributed by atoms with Gasteiger partial charge in [0.2, 0.25) is 0 Å². The van der Waals surface area contributed by atoms with Gasteiger partial charge in [0.05, 0.1) is 12.2 Å². The van der Waals surface area contributed by atoms with Gasteiger partial charge in [-0.1, -0.05) is 54.6 Å². The molecular formula is C21H16OS. The van der Waals surface area contributed by atoms with Crippen LogP contribution in [0.25, 0.3) is 10.8 Å². The van der Waals surface area contributed by atoms with Gasteiger partial charge >= 0.3 is 0 Å². The smallest absolute Gasteiger partial charge is 0.0963 e. The van der Waals surface area contributed by atoms with E-state index in [9.17, 15) is 0 Å². The fourth-order valence-corrected chi connectivity index (χ4v) is 6.23. The normalized spacial score (nSPS) is 30.1. The highest BCUT2D eigenvalue weighted by Crippen LogP contribution is 2.62. The van der Waals surface area contributed by atoms with Crippen LogP contribution in [-0.4, -0.2) is 5.25 Å². The Labute approximate surface area is 139 Å². The third-order valence-electron chi connectivity index (χ3n) is 5.71. The van der Waals surface area contributed by atoms with Gasteiger partial charge in [0, 0.05) is 16.1 Å². The average Bonchev–Trinajstić information content (AvgIpc) is 3.17. The zero-order valence-electron chi connectivity index (χ0n) is 12.6. The summed E-state index contributed by atoms with van der Waals surface area (Å²) >= 11 is 2.04. The van der Waals surface area contributed by atoms with Gasteiger partial charge in [0.1, 0.15) is 0 Å². The van der Waals surface area contributed by atoms with Crippen LogP contribution >= 0.6 is 11.8 Å². The monoisotopic (exact) mass is 316 g/mol. The van der Waals surface area contributed by atoms with Crippen molar-refractivity contribution in [3.8, 4) is 0 Å². The Morgan fingerprint density at radius 1 is 0.826 bits per heavy atom. The van der Waals surface area contributed by atoms with E-state index in [4.69, 9.17) is 4.74 Å². The number of fused-ring (bicyclic) bond motifs is 11. The molecule has 0 spiro atoms. The fourth-order valence-electron chi connectivity index (χ4n) is 4.71. The maximum Gasteiger partial charge on any atom is 0.0963 e. The van der Waals surface area contributed by atoms with E-state index in [1.165, 1.54) is 32.4 Å². The van der Waals surface area contributed by atoms with Gasteiger partial charge in [-0.15, -0.1) is 11.8 Å². The third kappa shape index (κ3) is 1.58. The molecule has 1 saturated heterocycles. The summed E-state index contributed by atoms with van der Waals surface area (Å²) in [7, 11) is 0. The predicted octanol–water partition coefficient (Wildman–Crippen LogP) is 5.30.